The minimum atomic E-state index is -0.961. The SMILES string of the molecule is Cc1cc(NC(=O)CSCC(=O)NC2(CC(=O)O)CCOCC2)no1. The quantitative estimate of drug-likeness (QED) is 0.611. The van der Waals surface area contributed by atoms with Crippen molar-refractivity contribution in [3.8, 4) is 0 Å². The third-order valence-corrected chi connectivity index (χ3v) is 4.64. The molecule has 9 nitrogen and oxygen atoms in total. The van der Waals surface area contributed by atoms with Crippen LogP contribution in [0.3, 0.4) is 0 Å². The fraction of sp³-hybridized carbons (Fsp3) is 0.600. The van der Waals surface area contributed by atoms with Gasteiger partial charge in [0.2, 0.25) is 11.8 Å². The minimum absolute atomic E-state index is 0.0630. The van der Waals surface area contributed by atoms with Gasteiger partial charge in [0, 0.05) is 19.3 Å². The van der Waals surface area contributed by atoms with Crippen LogP contribution >= 0.6 is 11.8 Å². The Morgan fingerprint density at radius 1 is 1.28 bits per heavy atom. The number of ether oxygens (including phenoxy) is 1. The van der Waals surface area contributed by atoms with Gasteiger partial charge in [-0.25, -0.2) is 0 Å². The van der Waals surface area contributed by atoms with Gasteiger partial charge < -0.3 is 25.0 Å². The second-order valence-corrected chi connectivity index (χ2v) is 6.86. The molecule has 10 heteroatoms. The number of amides is 2. The van der Waals surface area contributed by atoms with E-state index in [0.717, 1.165) is 11.8 Å². The van der Waals surface area contributed by atoms with Crippen molar-refractivity contribution in [1.82, 2.24) is 10.5 Å². The van der Waals surface area contributed by atoms with Crippen molar-refractivity contribution in [2.75, 3.05) is 30.0 Å². The number of thioether (sulfide) groups is 1. The van der Waals surface area contributed by atoms with Gasteiger partial charge >= 0.3 is 5.97 Å². The number of aromatic nitrogens is 1. The molecule has 0 bridgehead atoms. The first kappa shape index (κ1) is 19.3. The zero-order chi connectivity index (χ0) is 18.3. The molecule has 2 rings (SSSR count). The fourth-order valence-electron chi connectivity index (χ4n) is 2.57. The summed E-state index contributed by atoms with van der Waals surface area (Å²) in [4.78, 5) is 34.9. The highest BCUT2D eigenvalue weighted by Crippen LogP contribution is 2.24. The lowest BCUT2D eigenvalue weighted by Gasteiger charge is -2.36. The van der Waals surface area contributed by atoms with Crippen molar-refractivity contribution in [2.45, 2.75) is 31.7 Å². The van der Waals surface area contributed by atoms with Gasteiger partial charge in [-0.1, -0.05) is 5.16 Å². The summed E-state index contributed by atoms with van der Waals surface area (Å²) in [7, 11) is 0. The number of carboxylic acids is 1. The van der Waals surface area contributed by atoms with E-state index in [9.17, 15) is 14.4 Å². The van der Waals surface area contributed by atoms with Gasteiger partial charge in [-0.15, -0.1) is 11.8 Å². The number of aryl methyl sites for hydroxylation is 1. The van der Waals surface area contributed by atoms with Crippen molar-refractivity contribution in [1.29, 1.82) is 0 Å². The molecular formula is C15H21N3O6S. The molecule has 3 N–H and O–H groups in total. The van der Waals surface area contributed by atoms with Crippen LogP contribution in [-0.2, 0) is 19.1 Å². The zero-order valence-electron chi connectivity index (χ0n) is 13.9. The average molecular weight is 371 g/mol. The molecule has 0 saturated carbocycles. The maximum Gasteiger partial charge on any atom is 0.305 e. The van der Waals surface area contributed by atoms with Crippen molar-refractivity contribution in [3.63, 3.8) is 0 Å². The molecule has 0 spiro atoms. The summed E-state index contributed by atoms with van der Waals surface area (Å²) in [6.45, 7) is 2.55. The number of carboxylic acid groups (broad SMARTS) is 1. The first-order valence-electron chi connectivity index (χ1n) is 7.80. The molecular weight excluding hydrogens is 350 g/mol. The highest BCUT2D eigenvalue weighted by molar-refractivity contribution is 8.00. The van der Waals surface area contributed by atoms with Crippen LogP contribution in [0.1, 0.15) is 25.0 Å². The van der Waals surface area contributed by atoms with Gasteiger partial charge in [0.25, 0.3) is 0 Å². The summed E-state index contributed by atoms with van der Waals surface area (Å²) in [5.74, 6) is -0.493. The van der Waals surface area contributed by atoms with Crippen LogP contribution in [0.2, 0.25) is 0 Å². The van der Waals surface area contributed by atoms with E-state index in [0.29, 0.717) is 37.6 Å². The number of nitrogens with zero attached hydrogens (tertiary/aromatic N) is 1. The van der Waals surface area contributed by atoms with E-state index in [4.69, 9.17) is 14.4 Å². The Morgan fingerprint density at radius 3 is 2.56 bits per heavy atom. The van der Waals surface area contributed by atoms with E-state index in [2.05, 4.69) is 15.8 Å². The first-order valence-corrected chi connectivity index (χ1v) is 8.95. The molecule has 0 aromatic carbocycles. The van der Waals surface area contributed by atoms with Crippen LogP contribution < -0.4 is 10.6 Å². The predicted octanol–water partition coefficient (Wildman–Crippen LogP) is 0.795. The third kappa shape index (κ3) is 6.39. The van der Waals surface area contributed by atoms with Crippen LogP contribution in [0.25, 0.3) is 0 Å². The lowest BCUT2D eigenvalue weighted by atomic mass is 9.86. The second kappa shape index (κ2) is 8.86. The van der Waals surface area contributed by atoms with E-state index >= 15 is 0 Å². The Bertz CT molecular complexity index is 627. The number of carbonyl (C=O) groups excluding carboxylic acids is 2. The van der Waals surface area contributed by atoms with Crippen LogP contribution in [0, 0.1) is 6.92 Å². The number of aliphatic carboxylic acids is 1. The van der Waals surface area contributed by atoms with Gasteiger partial charge in [0.15, 0.2) is 5.82 Å². The molecule has 138 valence electrons. The highest BCUT2D eigenvalue weighted by Gasteiger charge is 2.36. The molecule has 1 aromatic heterocycles. The van der Waals surface area contributed by atoms with Gasteiger partial charge in [0.1, 0.15) is 5.76 Å². The molecule has 0 unspecified atom stereocenters. The third-order valence-electron chi connectivity index (χ3n) is 3.71. The first-order chi connectivity index (χ1) is 11.9. The van der Waals surface area contributed by atoms with Crippen LogP contribution in [0.5, 0.6) is 0 Å². The molecule has 25 heavy (non-hydrogen) atoms. The molecule has 2 heterocycles. The van der Waals surface area contributed by atoms with Crippen LogP contribution in [-0.4, -0.2) is 58.3 Å². The van der Waals surface area contributed by atoms with Crippen molar-refractivity contribution in [2.24, 2.45) is 0 Å². The predicted molar refractivity (Wildman–Crippen MR) is 90.4 cm³/mol. The smallest absolute Gasteiger partial charge is 0.305 e. The van der Waals surface area contributed by atoms with Crippen molar-refractivity contribution < 1.29 is 28.8 Å². The van der Waals surface area contributed by atoms with Gasteiger partial charge in [-0.05, 0) is 19.8 Å². The highest BCUT2D eigenvalue weighted by atomic mass is 32.2. The van der Waals surface area contributed by atoms with Crippen LogP contribution in [0.4, 0.5) is 5.82 Å². The van der Waals surface area contributed by atoms with Crippen molar-refractivity contribution >= 4 is 35.4 Å². The standard InChI is InChI=1S/C15H21N3O6S/c1-10-6-11(18-24-10)16-12(19)8-25-9-13(20)17-15(7-14(21)22)2-4-23-5-3-15/h6H,2-5,7-9H2,1H3,(H,17,20)(H,21,22)(H,16,18,19). The van der Waals surface area contributed by atoms with Crippen molar-refractivity contribution in [3.05, 3.63) is 11.8 Å². The Labute approximate surface area is 148 Å². The number of hydrogen-bond donors (Lipinski definition) is 3. The van der Waals surface area contributed by atoms with Gasteiger partial charge in [-0.3, -0.25) is 14.4 Å². The number of hydrogen-bond acceptors (Lipinski definition) is 7. The Kier molecular flexibility index (Phi) is 6.82. The molecule has 0 aliphatic carbocycles. The summed E-state index contributed by atoms with van der Waals surface area (Å²) < 4.78 is 10.1. The summed E-state index contributed by atoms with van der Waals surface area (Å²) in [6.07, 6.45) is 0.780. The normalized spacial score (nSPS) is 16.2. The Morgan fingerprint density at radius 2 is 1.96 bits per heavy atom. The maximum absolute atomic E-state index is 12.1. The summed E-state index contributed by atoms with van der Waals surface area (Å²) in [5, 5.41) is 18.1. The maximum atomic E-state index is 12.1. The fourth-order valence-corrected chi connectivity index (χ4v) is 3.19. The zero-order valence-corrected chi connectivity index (χ0v) is 14.7. The molecule has 1 fully saturated rings. The number of carbonyl (C=O) groups is 3. The lowest BCUT2D eigenvalue weighted by molar-refractivity contribution is -0.140. The monoisotopic (exact) mass is 371 g/mol. The number of nitrogens with one attached hydrogen (secondary N) is 2. The Balaban J connectivity index is 1.75. The average Bonchev–Trinajstić information content (AvgIpc) is 2.92. The van der Waals surface area contributed by atoms with Crippen LogP contribution in [0.15, 0.2) is 10.6 Å². The molecule has 1 aromatic rings. The second-order valence-electron chi connectivity index (χ2n) is 5.88. The lowest BCUT2D eigenvalue weighted by Crippen LogP contribution is -2.53. The summed E-state index contributed by atoms with van der Waals surface area (Å²) >= 11 is 1.14. The van der Waals surface area contributed by atoms with E-state index < -0.39 is 11.5 Å². The Hall–Kier alpha value is -2.07. The van der Waals surface area contributed by atoms with E-state index in [-0.39, 0.29) is 29.7 Å². The topological polar surface area (TPSA) is 131 Å². The molecule has 1 saturated heterocycles. The minimum Gasteiger partial charge on any atom is -0.481 e. The van der Waals surface area contributed by atoms with E-state index in [1.807, 2.05) is 0 Å². The molecule has 2 amide bonds. The van der Waals surface area contributed by atoms with Gasteiger partial charge in [0.05, 0.1) is 23.5 Å². The summed E-state index contributed by atoms with van der Waals surface area (Å²) in [5.41, 5.74) is -0.776. The number of anilines is 1. The molecule has 0 atom stereocenters. The van der Waals surface area contributed by atoms with E-state index in [1.54, 1.807) is 13.0 Å². The summed E-state index contributed by atoms with van der Waals surface area (Å²) in [6, 6.07) is 1.59. The molecule has 1 aliphatic heterocycles. The molecule has 0 radical (unpaired) electrons. The van der Waals surface area contributed by atoms with Gasteiger partial charge in [-0.2, -0.15) is 0 Å². The largest absolute Gasteiger partial charge is 0.481 e. The molecule has 1 aliphatic rings. The number of rotatable bonds is 8. The van der Waals surface area contributed by atoms with E-state index in [1.165, 1.54) is 0 Å².